The number of piperidine rings is 1. The molecule has 1 aliphatic heterocycles. The summed E-state index contributed by atoms with van der Waals surface area (Å²) in [5.74, 6) is 1.89. The Hall–Kier alpha value is -1.56. The van der Waals surface area contributed by atoms with Gasteiger partial charge in [0, 0.05) is 12.5 Å². The molecule has 6 heteroatoms. The first-order chi connectivity index (χ1) is 8.94. The first-order valence-corrected chi connectivity index (χ1v) is 6.70. The van der Waals surface area contributed by atoms with Gasteiger partial charge in [0.15, 0.2) is 0 Å². The number of carbonyl (C=O) groups excluding carboxylic acids is 1. The number of nitrogens with zero attached hydrogens (tertiary/aromatic N) is 1. The molecule has 1 amide bonds. The average molecular weight is 266 g/mol. The zero-order valence-corrected chi connectivity index (χ0v) is 11.7. The van der Waals surface area contributed by atoms with Crippen molar-refractivity contribution in [3.05, 3.63) is 12.0 Å². The number of amides is 1. The number of ether oxygens (including phenoxy) is 1. The molecular formula is C13H22N4O2. The summed E-state index contributed by atoms with van der Waals surface area (Å²) in [5, 5.41) is 6.00. The van der Waals surface area contributed by atoms with Crippen LogP contribution in [0.5, 0.6) is 0 Å². The van der Waals surface area contributed by atoms with E-state index in [1.54, 1.807) is 6.20 Å². The molecule has 1 fully saturated rings. The zero-order valence-electron chi connectivity index (χ0n) is 11.7. The lowest BCUT2D eigenvalue weighted by Gasteiger charge is -2.20. The van der Waals surface area contributed by atoms with E-state index in [9.17, 15) is 4.79 Å². The molecule has 0 aliphatic carbocycles. The van der Waals surface area contributed by atoms with Gasteiger partial charge < -0.3 is 15.0 Å². The van der Waals surface area contributed by atoms with Gasteiger partial charge in [-0.15, -0.1) is 0 Å². The first kappa shape index (κ1) is 13.9. The zero-order chi connectivity index (χ0) is 13.9. The van der Waals surface area contributed by atoms with Crippen molar-refractivity contribution in [1.29, 1.82) is 0 Å². The van der Waals surface area contributed by atoms with Crippen molar-refractivity contribution in [3.63, 3.8) is 0 Å². The summed E-state index contributed by atoms with van der Waals surface area (Å²) in [6, 6.07) is 0. The van der Waals surface area contributed by atoms with E-state index in [-0.39, 0.29) is 0 Å². The monoisotopic (exact) mass is 266 g/mol. The molecule has 0 radical (unpaired) electrons. The first-order valence-electron chi connectivity index (χ1n) is 6.70. The molecule has 1 atom stereocenters. The van der Waals surface area contributed by atoms with Crippen molar-refractivity contribution in [1.82, 2.24) is 15.3 Å². The Balaban J connectivity index is 1.91. The highest BCUT2D eigenvalue weighted by Crippen LogP contribution is 2.21. The molecule has 106 valence electrons. The van der Waals surface area contributed by atoms with E-state index in [4.69, 9.17) is 4.74 Å². The van der Waals surface area contributed by atoms with Crippen molar-refractivity contribution < 1.29 is 9.53 Å². The average Bonchev–Trinajstić information content (AvgIpc) is 2.76. The van der Waals surface area contributed by atoms with Crippen LogP contribution in [0.2, 0.25) is 0 Å². The number of aromatic amines is 1. The summed E-state index contributed by atoms with van der Waals surface area (Å²) in [4.78, 5) is 19.1. The number of imidazole rings is 1. The smallest absolute Gasteiger partial charge is 0.413 e. The van der Waals surface area contributed by atoms with E-state index in [0.717, 1.165) is 31.8 Å². The summed E-state index contributed by atoms with van der Waals surface area (Å²) in [7, 11) is 0. The Morgan fingerprint density at radius 3 is 2.95 bits per heavy atom. The lowest BCUT2D eigenvalue weighted by molar-refractivity contribution is 0.0635. The molecule has 2 heterocycles. The van der Waals surface area contributed by atoms with Crippen LogP contribution in [0.1, 0.15) is 45.4 Å². The highest BCUT2D eigenvalue weighted by atomic mass is 16.6. The van der Waals surface area contributed by atoms with Crippen LogP contribution in [0, 0.1) is 0 Å². The van der Waals surface area contributed by atoms with E-state index in [0.29, 0.717) is 11.7 Å². The third-order valence-electron chi connectivity index (χ3n) is 2.91. The maximum absolute atomic E-state index is 11.6. The van der Waals surface area contributed by atoms with Gasteiger partial charge >= 0.3 is 6.09 Å². The second kappa shape index (κ2) is 5.61. The number of hydrogen-bond acceptors (Lipinski definition) is 4. The van der Waals surface area contributed by atoms with Gasteiger partial charge in [-0.2, -0.15) is 0 Å². The molecule has 0 saturated carbocycles. The minimum absolute atomic E-state index is 0.392. The van der Waals surface area contributed by atoms with Gasteiger partial charge in [-0.05, 0) is 40.2 Å². The molecule has 3 N–H and O–H groups in total. The van der Waals surface area contributed by atoms with Crippen molar-refractivity contribution in [2.24, 2.45) is 0 Å². The third-order valence-corrected chi connectivity index (χ3v) is 2.91. The highest BCUT2D eigenvalue weighted by molar-refractivity contribution is 5.83. The number of H-pyrrole nitrogens is 1. The van der Waals surface area contributed by atoms with E-state index in [2.05, 4.69) is 20.6 Å². The number of hydrogen-bond donors (Lipinski definition) is 3. The molecule has 1 saturated heterocycles. The Bertz CT molecular complexity index is 430. The summed E-state index contributed by atoms with van der Waals surface area (Å²) < 4.78 is 5.19. The Labute approximate surface area is 113 Å². The molecule has 2 rings (SSSR count). The fraction of sp³-hybridized carbons (Fsp3) is 0.692. The number of carbonyl (C=O) groups is 1. The van der Waals surface area contributed by atoms with Gasteiger partial charge in [0.05, 0.1) is 6.20 Å². The van der Waals surface area contributed by atoms with Crippen LogP contribution in [0.4, 0.5) is 10.6 Å². The predicted octanol–water partition coefficient (Wildman–Crippen LogP) is 2.22. The number of rotatable bonds is 2. The molecule has 1 aliphatic rings. The molecule has 0 spiro atoms. The second-order valence-corrected chi connectivity index (χ2v) is 5.85. The molecule has 0 aromatic carbocycles. The molecule has 0 bridgehead atoms. The Kier molecular flexibility index (Phi) is 4.09. The molecular weight excluding hydrogens is 244 g/mol. The summed E-state index contributed by atoms with van der Waals surface area (Å²) in [6.45, 7) is 7.50. The third kappa shape index (κ3) is 4.24. The normalized spacial score (nSPS) is 20.1. The van der Waals surface area contributed by atoms with Gasteiger partial charge in [-0.1, -0.05) is 0 Å². The lowest BCUT2D eigenvalue weighted by Crippen LogP contribution is -2.29. The van der Waals surface area contributed by atoms with E-state index in [1.165, 1.54) is 0 Å². The van der Waals surface area contributed by atoms with Gasteiger partial charge in [0.25, 0.3) is 0 Å². The number of nitrogens with one attached hydrogen (secondary N) is 3. The standard InChI is InChI=1S/C13H22N4O2/c1-13(2,3)19-12(18)17-10-8-15-11(16-10)9-5-4-6-14-7-9/h8-9,14H,4-7H2,1-3H3,(H,15,16)(H,17,18). The van der Waals surface area contributed by atoms with Crippen molar-refractivity contribution >= 4 is 11.9 Å². The van der Waals surface area contributed by atoms with Crippen molar-refractivity contribution in [2.45, 2.75) is 45.1 Å². The van der Waals surface area contributed by atoms with Crippen LogP contribution >= 0.6 is 0 Å². The predicted molar refractivity (Wildman–Crippen MR) is 73.3 cm³/mol. The van der Waals surface area contributed by atoms with Crippen molar-refractivity contribution in [2.75, 3.05) is 18.4 Å². The van der Waals surface area contributed by atoms with Crippen LogP contribution in [-0.2, 0) is 4.74 Å². The molecule has 1 aromatic heterocycles. The number of anilines is 1. The fourth-order valence-electron chi connectivity index (χ4n) is 2.11. The van der Waals surface area contributed by atoms with E-state index in [1.807, 2.05) is 20.8 Å². The Morgan fingerprint density at radius 2 is 2.32 bits per heavy atom. The largest absolute Gasteiger partial charge is 0.444 e. The SMILES string of the molecule is CC(C)(C)OC(=O)Nc1cnc(C2CCCNC2)[nH]1. The van der Waals surface area contributed by atoms with Crippen LogP contribution in [0.15, 0.2) is 6.20 Å². The summed E-state index contributed by atoms with van der Waals surface area (Å²) in [5.41, 5.74) is -0.500. The Morgan fingerprint density at radius 1 is 1.53 bits per heavy atom. The molecule has 1 unspecified atom stereocenters. The number of aromatic nitrogens is 2. The highest BCUT2D eigenvalue weighted by Gasteiger charge is 2.20. The van der Waals surface area contributed by atoms with E-state index >= 15 is 0 Å². The maximum Gasteiger partial charge on any atom is 0.413 e. The van der Waals surface area contributed by atoms with Crippen LogP contribution in [0.3, 0.4) is 0 Å². The van der Waals surface area contributed by atoms with Crippen molar-refractivity contribution in [3.8, 4) is 0 Å². The topological polar surface area (TPSA) is 79.0 Å². The lowest BCUT2D eigenvalue weighted by atomic mass is 9.99. The van der Waals surface area contributed by atoms with Gasteiger partial charge in [-0.25, -0.2) is 9.78 Å². The van der Waals surface area contributed by atoms with Crippen LogP contribution in [-0.4, -0.2) is 34.8 Å². The van der Waals surface area contributed by atoms with E-state index < -0.39 is 11.7 Å². The molecule has 6 nitrogen and oxygen atoms in total. The quantitative estimate of drug-likeness (QED) is 0.767. The van der Waals surface area contributed by atoms with Crippen LogP contribution < -0.4 is 10.6 Å². The minimum Gasteiger partial charge on any atom is -0.444 e. The maximum atomic E-state index is 11.6. The van der Waals surface area contributed by atoms with Gasteiger partial charge in [0.2, 0.25) is 0 Å². The summed E-state index contributed by atoms with van der Waals surface area (Å²) >= 11 is 0. The minimum atomic E-state index is -0.500. The van der Waals surface area contributed by atoms with Crippen LogP contribution in [0.25, 0.3) is 0 Å². The molecule has 1 aromatic rings. The van der Waals surface area contributed by atoms with Gasteiger partial charge in [0.1, 0.15) is 17.2 Å². The summed E-state index contributed by atoms with van der Waals surface area (Å²) in [6.07, 6.45) is 3.44. The second-order valence-electron chi connectivity index (χ2n) is 5.85. The fourth-order valence-corrected chi connectivity index (χ4v) is 2.11. The molecule has 19 heavy (non-hydrogen) atoms. The van der Waals surface area contributed by atoms with Gasteiger partial charge in [-0.3, -0.25) is 5.32 Å².